The van der Waals surface area contributed by atoms with Crippen LogP contribution in [0.15, 0.2) is 18.2 Å². The molecule has 2 saturated heterocycles. The number of carbonyl (C=O) groups excluding carboxylic acids is 2. The molecule has 154 valence electrons. The Hall–Kier alpha value is -2.18. The van der Waals surface area contributed by atoms with Crippen molar-refractivity contribution in [1.82, 2.24) is 10.3 Å². The van der Waals surface area contributed by atoms with Gasteiger partial charge < -0.3 is 19.8 Å². The van der Waals surface area contributed by atoms with E-state index in [-0.39, 0.29) is 6.04 Å². The van der Waals surface area contributed by atoms with E-state index in [1.165, 1.54) is 17.7 Å². The van der Waals surface area contributed by atoms with E-state index in [1.54, 1.807) is 6.07 Å². The van der Waals surface area contributed by atoms with E-state index in [9.17, 15) is 9.59 Å². The zero-order valence-electron chi connectivity index (χ0n) is 16.7. The van der Waals surface area contributed by atoms with Crippen molar-refractivity contribution >= 4 is 22.8 Å². The van der Waals surface area contributed by atoms with Crippen LogP contribution in [0.5, 0.6) is 0 Å². The normalized spacial score (nSPS) is 25.1. The fourth-order valence-corrected chi connectivity index (χ4v) is 5.27. The van der Waals surface area contributed by atoms with Crippen LogP contribution in [-0.2, 0) is 27.1 Å². The molecule has 0 bridgehead atoms. The van der Waals surface area contributed by atoms with Crippen molar-refractivity contribution in [3.05, 3.63) is 35.0 Å². The summed E-state index contributed by atoms with van der Waals surface area (Å²) >= 11 is 0. The summed E-state index contributed by atoms with van der Waals surface area (Å²) in [7, 11) is 0. The molecule has 1 aliphatic carbocycles. The summed E-state index contributed by atoms with van der Waals surface area (Å²) in [6.07, 6.45) is 7.27. The summed E-state index contributed by atoms with van der Waals surface area (Å²) in [5.74, 6) is 0.378. The van der Waals surface area contributed by atoms with E-state index in [2.05, 4.69) is 10.3 Å². The average Bonchev–Trinajstić information content (AvgIpc) is 3.41. The second-order valence-corrected chi connectivity index (χ2v) is 8.65. The molecule has 0 amide bonds. The first-order chi connectivity index (χ1) is 14.2. The van der Waals surface area contributed by atoms with Gasteiger partial charge in [-0.1, -0.05) is 0 Å². The Balaban J connectivity index is 1.36. The van der Waals surface area contributed by atoms with Gasteiger partial charge in [0.1, 0.15) is 6.04 Å². The zero-order chi connectivity index (χ0) is 19.8. The van der Waals surface area contributed by atoms with Crippen molar-refractivity contribution in [3.63, 3.8) is 0 Å². The number of benzene rings is 1. The highest BCUT2D eigenvalue weighted by Gasteiger charge is 2.30. The van der Waals surface area contributed by atoms with Gasteiger partial charge in [-0.25, -0.2) is 9.59 Å². The highest BCUT2D eigenvalue weighted by atomic mass is 16.6. The number of aryl methyl sites for hydroxylation is 1. The molecule has 5 rings (SSSR count). The molecule has 2 atom stereocenters. The quantitative estimate of drug-likeness (QED) is 0.615. The summed E-state index contributed by atoms with van der Waals surface area (Å²) in [4.78, 5) is 28.3. The minimum Gasteiger partial charge on any atom is -0.388 e. The van der Waals surface area contributed by atoms with Crippen molar-refractivity contribution in [1.29, 1.82) is 0 Å². The molecule has 2 N–H and O–H groups in total. The van der Waals surface area contributed by atoms with Crippen molar-refractivity contribution < 1.29 is 19.1 Å². The van der Waals surface area contributed by atoms with E-state index in [0.717, 1.165) is 75.1 Å². The molecule has 2 aromatic rings. The van der Waals surface area contributed by atoms with E-state index in [0.29, 0.717) is 11.5 Å². The van der Waals surface area contributed by atoms with Crippen molar-refractivity contribution in [2.24, 2.45) is 11.8 Å². The molecular weight excluding hydrogens is 368 g/mol. The Morgan fingerprint density at radius 1 is 1.07 bits per heavy atom. The number of hydrogen-bond acceptors (Lipinski definition) is 5. The first-order valence-corrected chi connectivity index (χ1v) is 10.9. The monoisotopic (exact) mass is 396 g/mol. The van der Waals surface area contributed by atoms with Gasteiger partial charge in [-0.15, -0.1) is 0 Å². The molecule has 0 radical (unpaired) electrons. The number of aromatic nitrogens is 1. The maximum Gasteiger partial charge on any atom is 0.345 e. The predicted octanol–water partition coefficient (Wildman–Crippen LogP) is 3.13. The Morgan fingerprint density at radius 2 is 1.93 bits per heavy atom. The number of ether oxygens (including phenoxy) is 2. The third-order valence-corrected chi connectivity index (χ3v) is 6.93. The first kappa shape index (κ1) is 18.8. The molecule has 3 heterocycles. The van der Waals surface area contributed by atoms with Gasteiger partial charge in [0, 0.05) is 29.8 Å². The predicted molar refractivity (Wildman–Crippen MR) is 109 cm³/mol. The number of carbonyl (C=O) groups is 2. The molecule has 1 aromatic carbocycles. The van der Waals surface area contributed by atoms with E-state index < -0.39 is 11.9 Å². The maximum atomic E-state index is 12.6. The second-order valence-electron chi connectivity index (χ2n) is 8.65. The SMILES string of the molecule is O=C(OC(=O)C1CCCN1)c1ccc2[nH]c3c(c2c1)CC(C1CCOCC1)CC3. The Bertz CT molecular complexity index is 922. The lowest BCUT2D eigenvalue weighted by Gasteiger charge is -2.33. The number of esters is 2. The largest absolute Gasteiger partial charge is 0.388 e. The Kier molecular flexibility index (Phi) is 5.14. The minimum atomic E-state index is -0.558. The van der Waals surface area contributed by atoms with Crippen LogP contribution in [0.1, 0.15) is 53.7 Å². The summed E-state index contributed by atoms with van der Waals surface area (Å²) in [5.41, 5.74) is 4.13. The van der Waals surface area contributed by atoms with Crippen LogP contribution in [0.4, 0.5) is 0 Å². The van der Waals surface area contributed by atoms with Crippen LogP contribution in [0.3, 0.4) is 0 Å². The molecule has 6 heteroatoms. The standard InChI is InChI=1S/C23H28N2O4/c26-22(29-23(27)21-2-1-9-24-21)16-4-6-20-18(13-16)17-12-15(3-5-19(17)25-20)14-7-10-28-11-8-14/h4,6,13-15,21,24-25H,1-3,5,7-12H2. The molecule has 2 unspecified atom stereocenters. The van der Waals surface area contributed by atoms with Crippen LogP contribution < -0.4 is 5.32 Å². The van der Waals surface area contributed by atoms with Crippen LogP contribution in [0.25, 0.3) is 10.9 Å². The number of hydrogen-bond donors (Lipinski definition) is 2. The minimum absolute atomic E-state index is 0.358. The van der Waals surface area contributed by atoms with E-state index in [4.69, 9.17) is 9.47 Å². The molecule has 3 aliphatic rings. The van der Waals surface area contributed by atoms with Gasteiger partial charge in [0.05, 0.1) is 5.56 Å². The van der Waals surface area contributed by atoms with Gasteiger partial charge in [-0.05, 0) is 87.1 Å². The number of aromatic amines is 1. The Morgan fingerprint density at radius 3 is 2.72 bits per heavy atom. The van der Waals surface area contributed by atoms with Gasteiger partial charge in [0.15, 0.2) is 0 Å². The fraction of sp³-hybridized carbons (Fsp3) is 0.565. The third-order valence-electron chi connectivity index (χ3n) is 6.93. The van der Waals surface area contributed by atoms with Crippen LogP contribution in [0.2, 0.25) is 0 Å². The smallest absolute Gasteiger partial charge is 0.345 e. The van der Waals surface area contributed by atoms with E-state index in [1.807, 2.05) is 12.1 Å². The van der Waals surface area contributed by atoms with Crippen LogP contribution >= 0.6 is 0 Å². The fourth-order valence-electron chi connectivity index (χ4n) is 5.27. The van der Waals surface area contributed by atoms with Gasteiger partial charge >= 0.3 is 11.9 Å². The highest BCUT2D eigenvalue weighted by Crippen LogP contribution is 2.38. The number of H-pyrrole nitrogens is 1. The molecule has 0 saturated carbocycles. The van der Waals surface area contributed by atoms with Crippen molar-refractivity contribution in [2.45, 2.75) is 51.0 Å². The van der Waals surface area contributed by atoms with Crippen molar-refractivity contribution in [2.75, 3.05) is 19.8 Å². The third kappa shape index (κ3) is 3.71. The number of fused-ring (bicyclic) bond motifs is 3. The summed E-state index contributed by atoms with van der Waals surface area (Å²) < 4.78 is 10.7. The number of rotatable bonds is 3. The molecular formula is C23H28N2O4. The molecule has 6 nitrogen and oxygen atoms in total. The second kappa shape index (κ2) is 7.92. The summed E-state index contributed by atoms with van der Waals surface area (Å²) in [5, 5.41) is 4.17. The molecule has 2 aliphatic heterocycles. The topological polar surface area (TPSA) is 80.4 Å². The average molecular weight is 396 g/mol. The van der Waals surface area contributed by atoms with Crippen LogP contribution in [0, 0.1) is 11.8 Å². The van der Waals surface area contributed by atoms with Gasteiger partial charge in [-0.3, -0.25) is 0 Å². The lowest BCUT2D eigenvalue weighted by Crippen LogP contribution is -2.33. The Labute approximate surface area is 170 Å². The van der Waals surface area contributed by atoms with Gasteiger partial charge in [0.2, 0.25) is 0 Å². The number of nitrogens with one attached hydrogen (secondary N) is 2. The highest BCUT2D eigenvalue weighted by molar-refractivity contribution is 6.01. The van der Waals surface area contributed by atoms with E-state index >= 15 is 0 Å². The molecule has 29 heavy (non-hydrogen) atoms. The first-order valence-electron chi connectivity index (χ1n) is 10.9. The molecule has 0 spiro atoms. The van der Waals surface area contributed by atoms with Gasteiger partial charge in [0.25, 0.3) is 0 Å². The lowest BCUT2D eigenvalue weighted by atomic mass is 9.75. The lowest BCUT2D eigenvalue weighted by molar-refractivity contribution is -0.139. The zero-order valence-corrected chi connectivity index (χ0v) is 16.7. The maximum absolute atomic E-state index is 12.6. The summed E-state index contributed by atoms with van der Waals surface area (Å²) in [6.45, 7) is 2.55. The van der Waals surface area contributed by atoms with Crippen LogP contribution in [-0.4, -0.2) is 42.7 Å². The molecule has 2 fully saturated rings. The summed E-state index contributed by atoms with van der Waals surface area (Å²) in [6, 6.07) is 5.22. The van der Waals surface area contributed by atoms with Crippen molar-refractivity contribution in [3.8, 4) is 0 Å². The molecule has 1 aromatic heterocycles. The van der Waals surface area contributed by atoms with Gasteiger partial charge in [-0.2, -0.15) is 0 Å².